The molecular weight excluding hydrogens is 204 g/mol. The Morgan fingerprint density at radius 3 is 3.12 bits per heavy atom. The number of nitrogens with zero attached hydrogens (tertiary/aromatic N) is 3. The molecule has 0 amide bonds. The minimum absolute atomic E-state index is 0.777. The predicted molar refractivity (Wildman–Crippen MR) is 60.9 cm³/mol. The summed E-state index contributed by atoms with van der Waals surface area (Å²) in [7, 11) is 1.95. The van der Waals surface area contributed by atoms with Gasteiger partial charge in [0.15, 0.2) is 0 Å². The van der Waals surface area contributed by atoms with Crippen molar-refractivity contribution >= 4 is 0 Å². The summed E-state index contributed by atoms with van der Waals surface area (Å²) in [5, 5.41) is 11.2. The van der Waals surface area contributed by atoms with E-state index in [2.05, 4.69) is 15.5 Å². The van der Waals surface area contributed by atoms with Crippen LogP contribution in [0.3, 0.4) is 0 Å². The number of hydrogen-bond donors (Lipinski definition) is 1. The van der Waals surface area contributed by atoms with E-state index in [1.807, 2.05) is 11.6 Å². The first-order valence-corrected chi connectivity index (χ1v) is 5.97. The first-order chi connectivity index (χ1) is 7.86. The summed E-state index contributed by atoms with van der Waals surface area (Å²) in [6.45, 7) is 3.57. The molecule has 1 saturated carbocycles. The first kappa shape index (κ1) is 11.5. The van der Waals surface area contributed by atoms with Crippen LogP contribution in [0.4, 0.5) is 0 Å². The normalized spacial score (nSPS) is 15.6. The molecule has 2 rings (SSSR count). The lowest BCUT2D eigenvalue weighted by atomic mass is 10.4. The molecule has 0 spiro atoms. The molecule has 5 nitrogen and oxygen atoms in total. The average Bonchev–Trinajstić information content (AvgIpc) is 3.01. The van der Waals surface area contributed by atoms with Crippen molar-refractivity contribution in [1.29, 1.82) is 0 Å². The molecule has 16 heavy (non-hydrogen) atoms. The molecular formula is C11H20N4O. The number of rotatable bonds is 8. The zero-order valence-corrected chi connectivity index (χ0v) is 9.85. The standard InChI is InChI=1S/C11H20N4O/c1-15-9-13-14-11(15)7-12-5-2-6-16-8-10-3-4-10/h9-10,12H,2-8H2,1H3. The second kappa shape index (κ2) is 5.96. The molecule has 0 aliphatic heterocycles. The lowest BCUT2D eigenvalue weighted by Gasteiger charge is -2.05. The maximum atomic E-state index is 5.55. The van der Waals surface area contributed by atoms with E-state index in [0.29, 0.717) is 0 Å². The van der Waals surface area contributed by atoms with Crippen molar-refractivity contribution in [3.63, 3.8) is 0 Å². The van der Waals surface area contributed by atoms with Gasteiger partial charge in [-0.25, -0.2) is 0 Å². The third kappa shape index (κ3) is 3.90. The van der Waals surface area contributed by atoms with Crippen molar-refractivity contribution in [2.24, 2.45) is 13.0 Å². The Morgan fingerprint density at radius 2 is 2.44 bits per heavy atom. The summed E-state index contributed by atoms with van der Waals surface area (Å²) < 4.78 is 7.47. The topological polar surface area (TPSA) is 52.0 Å². The highest BCUT2D eigenvalue weighted by Gasteiger charge is 2.20. The zero-order chi connectivity index (χ0) is 11.2. The van der Waals surface area contributed by atoms with E-state index in [9.17, 15) is 0 Å². The van der Waals surface area contributed by atoms with E-state index in [4.69, 9.17) is 4.74 Å². The Bertz CT molecular complexity index is 309. The fourth-order valence-electron chi connectivity index (χ4n) is 1.50. The van der Waals surface area contributed by atoms with Crippen LogP contribution in [-0.2, 0) is 18.3 Å². The van der Waals surface area contributed by atoms with Gasteiger partial charge in [0.2, 0.25) is 0 Å². The van der Waals surface area contributed by atoms with Crippen LogP contribution in [0.5, 0.6) is 0 Å². The Morgan fingerprint density at radius 1 is 1.56 bits per heavy atom. The molecule has 5 heteroatoms. The number of aryl methyl sites for hydroxylation is 1. The molecule has 1 fully saturated rings. The Hall–Kier alpha value is -0.940. The quantitative estimate of drug-likeness (QED) is 0.661. The van der Waals surface area contributed by atoms with E-state index in [0.717, 1.165) is 44.5 Å². The second-order valence-electron chi connectivity index (χ2n) is 4.41. The van der Waals surface area contributed by atoms with Crippen LogP contribution < -0.4 is 5.32 Å². The van der Waals surface area contributed by atoms with Crippen LogP contribution in [0, 0.1) is 5.92 Å². The highest BCUT2D eigenvalue weighted by molar-refractivity contribution is 4.82. The summed E-state index contributed by atoms with van der Waals surface area (Å²) in [5.41, 5.74) is 0. The van der Waals surface area contributed by atoms with Gasteiger partial charge in [-0.3, -0.25) is 0 Å². The lowest BCUT2D eigenvalue weighted by molar-refractivity contribution is 0.122. The molecule has 90 valence electrons. The van der Waals surface area contributed by atoms with Crippen molar-refractivity contribution in [3.05, 3.63) is 12.2 Å². The van der Waals surface area contributed by atoms with E-state index < -0.39 is 0 Å². The van der Waals surface area contributed by atoms with Crippen LogP contribution in [-0.4, -0.2) is 34.5 Å². The summed E-state index contributed by atoms with van der Waals surface area (Å²) >= 11 is 0. The van der Waals surface area contributed by atoms with Crippen molar-refractivity contribution in [3.8, 4) is 0 Å². The Balaban J connectivity index is 1.44. The van der Waals surface area contributed by atoms with Gasteiger partial charge < -0.3 is 14.6 Å². The molecule has 1 heterocycles. The molecule has 1 aliphatic rings. The first-order valence-electron chi connectivity index (χ1n) is 5.97. The smallest absolute Gasteiger partial charge is 0.146 e. The largest absolute Gasteiger partial charge is 0.381 e. The third-order valence-electron chi connectivity index (χ3n) is 2.78. The average molecular weight is 224 g/mol. The maximum absolute atomic E-state index is 5.55. The zero-order valence-electron chi connectivity index (χ0n) is 9.85. The fourth-order valence-corrected chi connectivity index (χ4v) is 1.50. The molecule has 0 bridgehead atoms. The van der Waals surface area contributed by atoms with Crippen LogP contribution in [0.1, 0.15) is 25.1 Å². The van der Waals surface area contributed by atoms with Crippen molar-refractivity contribution in [2.45, 2.75) is 25.8 Å². The fraction of sp³-hybridized carbons (Fsp3) is 0.818. The monoisotopic (exact) mass is 224 g/mol. The van der Waals surface area contributed by atoms with Gasteiger partial charge in [0.1, 0.15) is 12.2 Å². The van der Waals surface area contributed by atoms with Crippen molar-refractivity contribution in [2.75, 3.05) is 19.8 Å². The molecule has 0 atom stereocenters. The summed E-state index contributed by atoms with van der Waals surface area (Å²) in [4.78, 5) is 0. The second-order valence-corrected chi connectivity index (χ2v) is 4.41. The summed E-state index contributed by atoms with van der Waals surface area (Å²) in [5.74, 6) is 1.84. The molecule has 0 unspecified atom stereocenters. The van der Waals surface area contributed by atoms with Crippen LogP contribution in [0.25, 0.3) is 0 Å². The van der Waals surface area contributed by atoms with Crippen LogP contribution in [0.2, 0.25) is 0 Å². The number of hydrogen-bond acceptors (Lipinski definition) is 4. The SMILES string of the molecule is Cn1cnnc1CNCCCOCC1CC1. The van der Waals surface area contributed by atoms with Crippen LogP contribution >= 0.6 is 0 Å². The van der Waals surface area contributed by atoms with Gasteiger partial charge in [-0.05, 0) is 31.7 Å². The van der Waals surface area contributed by atoms with Crippen molar-refractivity contribution in [1.82, 2.24) is 20.1 Å². The van der Waals surface area contributed by atoms with E-state index in [-0.39, 0.29) is 0 Å². The molecule has 1 N–H and O–H groups in total. The van der Waals surface area contributed by atoms with Gasteiger partial charge in [-0.1, -0.05) is 0 Å². The van der Waals surface area contributed by atoms with Gasteiger partial charge in [0, 0.05) is 20.3 Å². The lowest BCUT2D eigenvalue weighted by Crippen LogP contribution is -2.18. The molecule has 0 saturated heterocycles. The highest BCUT2D eigenvalue weighted by Crippen LogP contribution is 2.28. The third-order valence-corrected chi connectivity index (χ3v) is 2.78. The number of aromatic nitrogens is 3. The number of nitrogens with one attached hydrogen (secondary N) is 1. The van der Waals surface area contributed by atoms with Gasteiger partial charge >= 0.3 is 0 Å². The predicted octanol–water partition coefficient (Wildman–Crippen LogP) is 0.721. The Labute approximate surface area is 96.2 Å². The summed E-state index contributed by atoms with van der Waals surface area (Å²) in [6, 6.07) is 0. The molecule has 1 aromatic rings. The Kier molecular flexibility index (Phi) is 4.30. The van der Waals surface area contributed by atoms with E-state index in [1.165, 1.54) is 12.8 Å². The molecule has 0 aromatic carbocycles. The minimum Gasteiger partial charge on any atom is -0.381 e. The maximum Gasteiger partial charge on any atom is 0.146 e. The molecule has 1 aromatic heterocycles. The van der Waals surface area contributed by atoms with E-state index >= 15 is 0 Å². The van der Waals surface area contributed by atoms with Gasteiger partial charge in [-0.15, -0.1) is 10.2 Å². The highest BCUT2D eigenvalue weighted by atomic mass is 16.5. The van der Waals surface area contributed by atoms with Gasteiger partial charge in [0.05, 0.1) is 6.54 Å². The van der Waals surface area contributed by atoms with Gasteiger partial charge in [0.25, 0.3) is 0 Å². The van der Waals surface area contributed by atoms with Gasteiger partial charge in [-0.2, -0.15) is 0 Å². The van der Waals surface area contributed by atoms with E-state index in [1.54, 1.807) is 6.33 Å². The number of ether oxygens (including phenoxy) is 1. The molecule has 0 radical (unpaired) electrons. The van der Waals surface area contributed by atoms with Crippen molar-refractivity contribution < 1.29 is 4.74 Å². The molecule has 1 aliphatic carbocycles. The summed E-state index contributed by atoms with van der Waals surface area (Å²) in [6.07, 6.45) is 5.51. The van der Waals surface area contributed by atoms with Crippen LogP contribution in [0.15, 0.2) is 6.33 Å². The minimum atomic E-state index is 0.777.